The van der Waals surface area contributed by atoms with Crippen LogP contribution in [0.5, 0.6) is 0 Å². The zero-order valence-corrected chi connectivity index (χ0v) is 13.9. The molecule has 0 atom stereocenters. The topological polar surface area (TPSA) is 39.2 Å². The molecule has 120 valence electrons. The van der Waals surface area contributed by atoms with Crippen LogP contribution in [-0.2, 0) is 4.74 Å². The molecule has 0 saturated heterocycles. The predicted octanol–water partition coefficient (Wildman–Crippen LogP) is 4.87. The molecule has 0 bridgehead atoms. The van der Waals surface area contributed by atoms with Crippen molar-refractivity contribution in [3.63, 3.8) is 0 Å². The van der Waals surface area contributed by atoms with E-state index in [9.17, 15) is 4.79 Å². The molecule has 3 heteroatoms. The Morgan fingerprint density at radius 1 is 1.12 bits per heavy atom. The van der Waals surface area contributed by atoms with Gasteiger partial charge in [0.25, 0.3) is 0 Å². The number of hydrogen-bond acceptors (Lipinski definition) is 3. The molecule has 1 saturated carbocycles. The maximum absolute atomic E-state index is 12.0. The number of nitrogens with zero attached hydrogens (tertiary/aromatic N) is 1. The van der Waals surface area contributed by atoms with Gasteiger partial charge in [0.2, 0.25) is 0 Å². The summed E-state index contributed by atoms with van der Waals surface area (Å²) in [4.78, 5) is 16.9. The van der Waals surface area contributed by atoms with Gasteiger partial charge in [-0.1, -0.05) is 24.3 Å². The van der Waals surface area contributed by atoms with E-state index in [4.69, 9.17) is 9.72 Å². The lowest BCUT2D eigenvalue weighted by Crippen LogP contribution is -2.05. The largest absolute Gasteiger partial charge is 0.465 e. The maximum atomic E-state index is 12.0. The Balaban J connectivity index is 1.86. The van der Waals surface area contributed by atoms with Gasteiger partial charge in [-0.05, 0) is 61.1 Å². The van der Waals surface area contributed by atoms with Gasteiger partial charge in [-0.2, -0.15) is 0 Å². The predicted molar refractivity (Wildman–Crippen MR) is 95.2 cm³/mol. The molecule has 24 heavy (non-hydrogen) atoms. The van der Waals surface area contributed by atoms with Gasteiger partial charge in [0.05, 0.1) is 23.9 Å². The second kappa shape index (κ2) is 5.75. The molecule has 0 amide bonds. The van der Waals surface area contributed by atoms with Crippen LogP contribution in [0.1, 0.15) is 40.2 Å². The third-order valence-corrected chi connectivity index (χ3v) is 4.66. The third-order valence-electron chi connectivity index (χ3n) is 4.66. The highest BCUT2D eigenvalue weighted by molar-refractivity contribution is 5.92. The molecule has 2 aromatic carbocycles. The highest BCUT2D eigenvalue weighted by Gasteiger charge is 2.29. The number of fused-ring (bicyclic) bond motifs is 1. The maximum Gasteiger partial charge on any atom is 0.338 e. The first-order chi connectivity index (χ1) is 11.7. The quantitative estimate of drug-likeness (QED) is 0.647. The van der Waals surface area contributed by atoms with Crippen LogP contribution in [0, 0.1) is 6.92 Å². The standard InChI is InChI=1S/C21H19NO2/c1-13-11-15-5-3-4-6-19(15)22-20(13)16-9-10-17(21(23)24-2)18(12-16)14-7-8-14/h3-6,9-12,14H,7-8H2,1-2H3. The number of carbonyl (C=O) groups excluding carboxylic acids is 1. The van der Waals surface area contributed by atoms with Gasteiger partial charge in [-0.3, -0.25) is 0 Å². The van der Waals surface area contributed by atoms with Crippen molar-refractivity contribution in [3.05, 3.63) is 65.2 Å². The molecule has 0 N–H and O–H groups in total. The smallest absolute Gasteiger partial charge is 0.338 e. The first-order valence-corrected chi connectivity index (χ1v) is 8.26. The number of esters is 1. The van der Waals surface area contributed by atoms with Crippen LogP contribution in [0.15, 0.2) is 48.5 Å². The van der Waals surface area contributed by atoms with Crippen LogP contribution in [0.25, 0.3) is 22.2 Å². The average Bonchev–Trinajstić information content (AvgIpc) is 3.45. The molecule has 3 nitrogen and oxygen atoms in total. The van der Waals surface area contributed by atoms with Gasteiger partial charge in [0.1, 0.15) is 0 Å². The first-order valence-electron chi connectivity index (χ1n) is 8.26. The fraction of sp³-hybridized carbons (Fsp3) is 0.238. The molecule has 1 aliphatic rings. The summed E-state index contributed by atoms with van der Waals surface area (Å²) in [6, 6.07) is 16.3. The fourth-order valence-electron chi connectivity index (χ4n) is 3.25. The highest BCUT2D eigenvalue weighted by atomic mass is 16.5. The first kappa shape index (κ1) is 14.9. The number of para-hydroxylation sites is 1. The number of rotatable bonds is 3. The lowest BCUT2D eigenvalue weighted by Gasteiger charge is -2.12. The SMILES string of the molecule is COC(=O)c1ccc(-c2nc3ccccc3cc2C)cc1C1CC1. The molecule has 0 unspecified atom stereocenters. The Hall–Kier alpha value is -2.68. The summed E-state index contributed by atoms with van der Waals surface area (Å²) in [6.45, 7) is 2.08. The number of aromatic nitrogens is 1. The van der Waals surface area contributed by atoms with Gasteiger partial charge in [-0.25, -0.2) is 9.78 Å². The Morgan fingerprint density at radius 3 is 2.67 bits per heavy atom. The van der Waals surface area contributed by atoms with Crippen molar-refractivity contribution in [2.24, 2.45) is 0 Å². The number of methoxy groups -OCH3 is 1. The normalized spacial score (nSPS) is 13.9. The van der Waals surface area contributed by atoms with Gasteiger partial charge >= 0.3 is 5.97 Å². The molecule has 3 aromatic rings. The van der Waals surface area contributed by atoms with Crippen molar-refractivity contribution in [3.8, 4) is 11.3 Å². The lowest BCUT2D eigenvalue weighted by atomic mass is 9.96. The molecule has 1 fully saturated rings. The van der Waals surface area contributed by atoms with E-state index >= 15 is 0 Å². The van der Waals surface area contributed by atoms with E-state index in [1.807, 2.05) is 30.3 Å². The summed E-state index contributed by atoms with van der Waals surface area (Å²) in [5.74, 6) is 0.214. The minimum Gasteiger partial charge on any atom is -0.465 e. The number of ether oxygens (including phenoxy) is 1. The summed E-state index contributed by atoms with van der Waals surface area (Å²) in [5, 5.41) is 1.15. The van der Waals surface area contributed by atoms with E-state index < -0.39 is 0 Å². The molecule has 0 aliphatic heterocycles. The molecule has 1 aliphatic carbocycles. The summed E-state index contributed by atoms with van der Waals surface area (Å²) in [6.07, 6.45) is 2.27. The van der Waals surface area contributed by atoms with Crippen LogP contribution in [-0.4, -0.2) is 18.1 Å². The Kier molecular flexibility index (Phi) is 3.57. The zero-order chi connectivity index (χ0) is 16.7. The van der Waals surface area contributed by atoms with Crippen LogP contribution in [0.3, 0.4) is 0 Å². The van der Waals surface area contributed by atoms with Crippen molar-refractivity contribution in [2.45, 2.75) is 25.7 Å². The fourth-order valence-corrected chi connectivity index (χ4v) is 3.25. The zero-order valence-electron chi connectivity index (χ0n) is 13.9. The van der Waals surface area contributed by atoms with E-state index in [0.717, 1.165) is 46.1 Å². The van der Waals surface area contributed by atoms with Gasteiger partial charge in [0.15, 0.2) is 0 Å². The number of carbonyl (C=O) groups is 1. The average molecular weight is 317 g/mol. The molecule has 1 aromatic heterocycles. The molecular weight excluding hydrogens is 298 g/mol. The number of hydrogen-bond donors (Lipinski definition) is 0. The molecule has 0 radical (unpaired) electrons. The van der Waals surface area contributed by atoms with Crippen LogP contribution >= 0.6 is 0 Å². The van der Waals surface area contributed by atoms with Gasteiger partial charge in [0, 0.05) is 10.9 Å². The summed E-state index contributed by atoms with van der Waals surface area (Å²) in [7, 11) is 1.43. The van der Waals surface area contributed by atoms with Crippen molar-refractivity contribution < 1.29 is 9.53 Å². The van der Waals surface area contributed by atoms with E-state index in [1.54, 1.807) is 0 Å². The van der Waals surface area contributed by atoms with Gasteiger partial charge < -0.3 is 4.74 Å². The van der Waals surface area contributed by atoms with E-state index in [2.05, 4.69) is 25.1 Å². The number of aryl methyl sites for hydroxylation is 1. The monoisotopic (exact) mass is 317 g/mol. The van der Waals surface area contributed by atoms with E-state index in [0.29, 0.717) is 11.5 Å². The molecular formula is C21H19NO2. The number of benzene rings is 2. The van der Waals surface area contributed by atoms with Crippen molar-refractivity contribution in [2.75, 3.05) is 7.11 Å². The Labute approximate surface area is 141 Å². The Bertz CT molecular complexity index is 942. The van der Waals surface area contributed by atoms with Crippen LogP contribution in [0.2, 0.25) is 0 Å². The summed E-state index contributed by atoms with van der Waals surface area (Å²) in [5.41, 5.74) is 5.94. The van der Waals surface area contributed by atoms with Crippen molar-refractivity contribution in [1.29, 1.82) is 0 Å². The summed E-state index contributed by atoms with van der Waals surface area (Å²) < 4.78 is 4.93. The van der Waals surface area contributed by atoms with Crippen LogP contribution < -0.4 is 0 Å². The number of pyridine rings is 1. The Morgan fingerprint density at radius 2 is 1.92 bits per heavy atom. The molecule has 1 heterocycles. The second-order valence-corrected chi connectivity index (χ2v) is 6.41. The van der Waals surface area contributed by atoms with E-state index in [-0.39, 0.29) is 5.97 Å². The lowest BCUT2D eigenvalue weighted by molar-refractivity contribution is 0.0599. The highest BCUT2D eigenvalue weighted by Crippen LogP contribution is 2.43. The van der Waals surface area contributed by atoms with Crippen molar-refractivity contribution >= 4 is 16.9 Å². The summed E-state index contributed by atoms with van der Waals surface area (Å²) >= 11 is 0. The second-order valence-electron chi connectivity index (χ2n) is 6.41. The minimum atomic E-state index is -0.258. The molecule has 4 rings (SSSR count). The van der Waals surface area contributed by atoms with E-state index in [1.165, 1.54) is 7.11 Å². The third kappa shape index (κ3) is 2.56. The molecule has 0 spiro atoms. The van der Waals surface area contributed by atoms with Crippen LogP contribution in [0.4, 0.5) is 0 Å². The van der Waals surface area contributed by atoms with Gasteiger partial charge in [-0.15, -0.1) is 0 Å². The van der Waals surface area contributed by atoms with Crippen molar-refractivity contribution in [1.82, 2.24) is 4.98 Å². The minimum absolute atomic E-state index is 0.258.